The van der Waals surface area contributed by atoms with Crippen molar-refractivity contribution in [3.8, 4) is 0 Å². The van der Waals surface area contributed by atoms with Crippen LogP contribution in [0.15, 0.2) is 23.8 Å². The number of fused-ring (bicyclic) bond motifs is 5. The number of rotatable bonds is 9. The van der Waals surface area contributed by atoms with Crippen LogP contribution in [0, 0.1) is 52.3 Å². The molecule has 2 heterocycles. The van der Waals surface area contributed by atoms with Crippen LogP contribution in [-0.2, 0) is 28.6 Å². The van der Waals surface area contributed by atoms with Gasteiger partial charge in [-0.15, -0.1) is 0 Å². The lowest BCUT2D eigenvalue weighted by molar-refractivity contribution is -0.299. The summed E-state index contributed by atoms with van der Waals surface area (Å²) in [6, 6.07) is -1.09. The van der Waals surface area contributed by atoms with Gasteiger partial charge < -0.3 is 60.2 Å². The monoisotopic (exact) mass is 994 g/mol. The number of likely N-dealkylation sites (N-methyl/N-ethyl adjacent to an activating group) is 1. The molecule has 0 aromatic rings. The molecule has 0 bridgehead atoms. The number of carbonyl (C=O) groups excluding carboxylic acids is 3. The number of aliphatic hydroxyl groups excluding tert-OH is 4. The molecule has 0 aromatic carbocycles. The molecule has 2 saturated heterocycles. The van der Waals surface area contributed by atoms with Gasteiger partial charge in [-0.05, 0) is 135 Å². The van der Waals surface area contributed by atoms with Crippen LogP contribution in [0.4, 0.5) is 4.39 Å². The highest BCUT2D eigenvalue weighted by Gasteiger charge is 2.71. The van der Waals surface area contributed by atoms with E-state index in [1.165, 1.54) is 26.0 Å². The number of esters is 1. The van der Waals surface area contributed by atoms with Crippen molar-refractivity contribution in [2.75, 3.05) is 33.7 Å². The van der Waals surface area contributed by atoms with Gasteiger partial charge in [-0.3, -0.25) is 19.3 Å². The normalized spacial score (nSPS) is 49.7. The number of cyclic esters (lactones) is 1. The van der Waals surface area contributed by atoms with Crippen LogP contribution >= 0.6 is 0 Å². The first-order chi connectivity index (χ1) is 32.4. The minimum absolute atomic E-state index is 0.0826. The van der Waals surface area contributed by atoms with Crippen LogP contribution < -0.4 is 5.32 Å². The fourth-order valence-corrected chi connectivity index (χ4v) is 14.7. The van der Waals surface area contributed by atoms with Crippen molar-refractivity contribution in [1.29, 1.82) is 0 Å². The van der Waals surface area contributed by atoms with Crippen LogP contribution in [0.25, 0.3) is 0 Å². The minimum Gasteiger partial charge on any atom is -0.459 e. The maximum Gasteiger partial charge on any atom is 0.311 e. The van der Waals surface area contributed by atoms with Gasteiger partial charge in [0.1, 0.15) is 30.1 Å². The predicted octanol–water partition coefficient (Wildman–Crippen LogP) is 3.06. The van der Waals surface area contributed by atoms with Gasteiger partial charge in [-0.25, -0.2) is 4.39 Å². The summed E-state index contributed by atoms with van der Waals surface area (Å²) < 4.78 is 34.6. The molecule has 6 aliphatic rings. The maximum absolute atomic E-state index is 16.0. The first-order valence-electron chi connectivity index (χ1n) is 26.1. The van der Waals surface area contributed by atoms with Crippen molar-refractivity contribution in [1.82, 2.24) is 15.1 Å². The Kier molecular flexibility index (Phi) is 17.1. The predicted molar refractivity (Wildman–Crippen MR) is 259 cm³/mol. The smallest absolute Gasteiger partial charge is 0.311 e. The zero-order valence-electron chi connectivity index (χ0n) is 44.0. The molecule has 1 amide bonds. The second-order valence-corrected chi connectivity index (χ2v) is 24.0. The van der Waals surface area contributed by atoms with Gasteiger partial charge in [0.25, 0.3) is 5.91 Å². The van der Waals surface area contributed by atoms with Gasteiger partial charge in [0, 0.05) is 54.4 Å². The molecule has 0 unspecified atom stereocenters. The Balaban J connectivity index is 1.22. The zero-order valence-corrected chi connectivity index (χ0v) is 44.0. The van der Waals surface area contributed by atoms with E-state index in [1.807, 2.05) is 58.5 Å². The number of carbonyl (C=O) groups is 3. The summed E-state index contributed by atoms with van der Waals surface area (Å²) in [6.45, 7) is 19.6. The van der Waals surface area contributed by atoms with E-state index in [-0.39, 0.29) is 81.0 Å². The highest BCUT2D eigenvalue weighted by Crippen LogP contribution is 2.68. The lowest BCUT2D eigenvalue weighted by Gasteiger charge is -2.60. The van der Waals surface area contributed by atoms with Gasteiger partial charge >= 0.3 is 5.97 Å². The van der Waals surface area contributed by atoms with Crippen molar-refractivity contribution in [2.45, 2.75) is 205 Å². The fraction of sp³-hybridized carbons (Fsp3) is 0.868. The zero-order chi connectivity index (χ0) is 52.4. The Hall–Kier alpha value is -2.42. The molecule has 0 radical (unpaired) electrons. The van der Waals surface area contributed by atoms with Crippen molar-refractivity contribution in [3.05, 3.63) is 23.8 Å². The average molecular weight is 994 g/mol. The molecule has 70 heavy (non-hydrogen) atoms. The highest BCUT2D eigenvalue weighted by atomic mass is 19.1. The number of hydrogen-bond acceptors (Lipinski definition) is 15. The Bertz CT molecular complexity index is 1950. The molecule has 4 aliphatic carbocycles. The van der Waals surface area contributed by atoms with E-state index in [0.717, 1.165) is 0 Å². The third-order valence-electron chi connectivity index (χ3n) is 18.6. The molecule has 8 N–H and O–H groups in total. The third kappa shape index (κ3) is 10.2. The number of ether oxygens (including phenoxy) is 3. The standard InChI is InChI=1S/C53H88FN3O13/c1-14-40-52(11,66)44(62)32(7)57(26-27(2)24-51(10,65)45(30(5)42(60)31(6)46(63)69-40)70-47-43(61)38(56(12)13)21-29(4)68-47)19-15-18-55-48(64)53(67)28(3)20-35-34-23-37(54)36-22-33(58)16-17-49(36,8)41(34)39(59)25-50(35,53)9/h16-17,22,27-32,34-35,37-45,47,59-62,65-67H,14-15,18-21,23-26H2,1-13H3,(H,55,64)/t27-,28-,29-,30+,31-,32-,34+,35+,37+,38+,39+,40-,41-,42+,43-,44-,45-,47+,49+,50+,51-,52-,53+/m1/s1. The Morgan fingerprint density at radius 3 is 2.24 bits per heavy atom. The molecule has 400 valence electrons. The summed E-state index contributed by atoms with van der Waals surface area (Å²) in [5.41, 5.74) is -7.13. The lowest BCUT2D eigenvalue weighted by Crippen LogP contribution is -2.65. The Morgan fingerprint density at radius 1 is 0.957 bits per heavy atom. The summed E-state index contributed by atoms with van der Waals surface area (Å²) in [7, 11) is 3.70. The summed E-state index contributed by atoms with van der Waals surface area (Å²) in [5.74, 6) is -5.63. The molecular weight excluding hydrogens is 906 g/mol. The molecule has 2 aliphatic heterocycles. The number of allylic oxidation sites excluding steroid dienone is 4. The third-order valence-corrected chi connectivity index (χ3v) is 18.6. The van der Waals surface area contributed by atoms with Crippen molar-refractivity contribution in [2.24, 2.45) is 52.3 Å². The van der Waals surface area contributed by atoms with Gasteiger partial charge in [0.15, 0.2) is 17.7 Å². The van der Waals surface area contributed by atoms with Gasteiger partial charge in [0.2, 0.25) is 0 Å². The average Bonchev–Trinajstić information content (AvgIpc) is 3.48. The number of aliphatic hydroxyl groups is 7. The SMILES string of the molecule is CC[C@H]1OC(=O)[C@H](C)[C@@H](O)[C@H](C)[C@@H](O[C@@H]2O[C@H](C)C[C@H](N(C)C)[C@H]2O)[C@](C)(O)C[C@@H](C)CN(CCCNC(=O)[C@@]2(O)[C@H](C)C[C@H]3[C@@H]4C[C@H](F)C5=CC(=O)C=C[C@]5(C)[C@H]4[C@@H](O)C[C@@]32C)[C@H](C)[C@@H](O)[C@]1(C)O. The number of alkyl halides is 1. The fourth-order valence-electron chi connectivity index (χ4n) is 14.7. The van der Waals surface area contributed by atoms with E-state index in [9.17, 15) is 50.1 Å². The van der Waals surface area contributed by atoms with E-state index in [0.29, 0.717) is 24.8 Å². The molecule has 3 saturated carbocycles. The van der Waals surface area contributed by atoms with Gasteiger partial charge in [0.05, 0.1) is 35.9 Å². The first kappa shape index (κ1) is 56.9. The highest BCUT2D eigenvalue weighted by molar-refractivity contribution is 6.01. The quantitative estimate of drug-likeness (QED) is 0.122. The topological polar surface area (TPSA) is 239 Å². The Morgan fingerprint density at radius 2 is 1.61 bits per heavy atom. The number of halogens is 1. The molecular formula is C53H88FN3O13. The molecule has 17 heteroatoms. The van der Waals surface area contributed by atoms with Crippen LogP contribution in [0.2, 0.25) is 0 Å². The second kappa shape index (κ2) is 21.1. The van der Waals surface area contributed by atoms with Crippen molar-refractivity contribution >= 4 is 17.7 Å². The molecule has 16 nitrogen and oxygen atoms in total. The number of ketones is 1. The maximum atomic E-state index is 16.0. The van der Waals surface area contributed by atoms with E-state index in [2.05, 4.69) is 5.32 Å². The van der Waals surface area contributed by atoms with Gasteiger partial charge in [-0.1, -0.05) is 47.6 Å². The molecule has 5 fully saturated rings. The van der Waals surface area contributed by atoms with Crippen molar-refractivity contribution < 1.29 is 68.7 Å². The molecule has 0 spiro atoms. The number of nitrogens with one attached hydrogen (secondary N) is 1. The first-order valence-corrected chi connectivity index (χ1v) is 26.1. The summed E-state index contributed by atoms with van der Waals surface area (Å²) >= 11 is 0. The summed E-state index contributed by atoms with van der Waals surface area (Å²) in [6.07, 6.45) is -3.93. The van der Waals surface area contributed by atoms with E-state index in [1.54, 1.807) is 33.8 Å². The summed E-state index contributed by atoms with van der Waals surface area (Å²) in [5, 5.41) is 87.3. The van der Waals surface area contributed by atoms with Crippen LogP contribution in [0.1, 0.15) is 121 Å². The van der Waals surface area contributed by atoms with Crippen LogP contribution in [0.5, 0.6) is 0 Å². The summed E-state index contributed by atoms with van der Waals surface area (Å²) in [4.78, 5) is 44.4. The number of amides is 1. The van der Waals surface area contributed by atoms with Crippen LogP contribution in [0.3, 0.4) is 0 Å². The molecule has 6 rings (SSSR count). The molecule has 0 aromatic heterocycles. The second-order valence-electron chi connectivity index (χ2n) is 24.0. The van der Waals surface area contributed by atoms with Gasteiger partial charge in [-0.2, -0.15) is 0 Å². The van der Waals surface area contributed by atoms with E-state index >= 15 is 4.39 Å². The largest absolute Gasteiger partial charge is 0.459 e. The minimum atomic E-state index is -1.96. The number of nitrogens with zero attached hydrogens (tertiary/aromatic N) is 2. The van der Waals surface area contributed by atoms with E-state index < -0.39 is 118 Å². The molecule has 23 atom stereocenters. The Labute approximate surface area is 415 Å². The lowest BCUT2D eigenvalue weighted by atomic mass is 9.46. The van der Waals surface area contributed by atoms with Crippen molar-refractivity contribution in [3.63, 3.8) is 0 Å². The van der Waals surface area contributed by atoms with E-state index in [4.69, 9.17) is 14.2 Å². The number of hydrogen-bond donors (Lipinski definition) is 8. The van der Waals surface area contributed by atoms with Crippen LogP contribution in [-0.4, -0.2) is 181 Å².